The van der Waals surface area contributed by atoms with E-state index in [1.807, 2.05) is 0 Å². The lowest BCUT2D eigenvalue weighted by Gasteiger charge is -2.12. The Hall–Kier alpha value is -1.50. The molecule has 0 aromatic carbocycles. The van der Waals surface area contributed by atoms with Crippen molar-refractivity contribution < 1.29 is 0 Å². The van der Waals surface area contributed by atoms with Crippen LogP contribution in [-0.4, -0.2) is 25.4 Å². The molecule has 2 aromatic rings. The number of H-pyrrole nitrogens is 1. The lowest BCUT2D eigenvalue weighted by molar-refractivity contribution is 0.691. The normalized spacial score (nSPS) is 16.3. The van der Waals surface area contributed by atoms with Crippen LogP contribution in [0.1, 0.15) is 37.3 Å². The van der Waals surface area contributed by atoms with Crippen LogP contribution in [0.4, 0.5) is 5.82 Å². The minimum absolute atomic E-state index is 0.463. The molecule has 18 heavy (non-hydrogen) atoms. The molecule has 0 amide bonds. The van der Waals surface area contributed by atoms with E-state index in [2.05, 4.69) is 41.3 Å². The molecule has 1 aliphatic rings. The number of anilines is 1. The number of nitrogens with zero attached hydrogens (tertiary/aromatic N) is 4. The van der Waals surface area contributed by atoms with E-state index >= 15 is 0 Å². The Morgan fingerprint density at radius 1 is 1.28 bits per heavy atom. The SMILES string of the molecule is Nc1nc(-c2cn[nH]n2)nc(C2CCCC2)c1Br. The monoisotopic (exact) mass is 308 g/mol. The maximum Gasteiger partial charge on any atom is 0.184 e. The number of aromatic nitrogens is 5. The van der Waals surface area contributed by atoms with Crippen LogP contribution in [0.2, 0.25) is 0 Å². The molecule has 1 saturated carbocycles. The molecule has 0 spiro atoms. The van der Waals surface area contributed by atoms with Crippen molar-refractivity contribution in [3.8, 4) is 11.5 Å². The summed E-state index contributed by atoms with van der Waals surface area (Å²) in [6, 6.07) is 0. The predicted octanol–water partition coefficient (Wildman–Crippen LogP) is 2.26. The van der Waals surface area contributed by atoms with Crippen LogP contribution in [0.15, 0.2) is 10.7 Å². The zero-order chi connectivity index (χ0) is 12.5. The third-order valence-electron chi connectivity index (χ3n) is 3.29. The van der Waals surface area contributed by atoms with Crippen LogP contribution >= 0.6 is 15.9 Å². The van der Waals surface area contributed by atoms with Gasteiger partial charge in [0.05, 0.1) is 16.4 Å². The molecular weight excluding hydrogens is 296 g/mol. The molecular formula is C11H13BrN6. The molecule has 0 radical (unpaired) electrons. The smallest absolute Gasteiger partial charge is 0.184 e. The van der Waals surface area contributed by atoms with E-state index in [9.17, 15) is 0 Å². The van der Waals surface area contributed by atoms with Crippen molar-refractivity contribution in [3.05, 3.63) is 16.4 Å². The predicted molar refractivity (Wildman–Crippen MR) is 70.7 cm³/mol. The van der Waals surface area contributed by atoms with Crippen molar-refractivity contribution in [1.82, 2.24) is 25.4 Å². The summed E-state index contributed by atoms with van der Waals surface area (Å²) in [6.07, 6.45) is 6.42. The molecule has 3 N–H and O–H groups in total. The van der Waals surface area contributed by atoms with E-state index in [1.165, 1.54) is 12.8 Å². The van der Waals surface area contributed by atoms with Gasteiger partial charge in [0.1, 0.15) is 11.5 Å². The van der Waals surface area contributed by atoms with E-state index < -0.39 is 0 Å². The van der Waals surface area contributed by atoms with Crippen molar-refractivity contribution in [2.75, 3.05) is 5.73 Å². The van der Waals surface area contributed by atoms with Gasteiger partial charge in [0.25, 0.3) is 0 Å². The lowest BCUT2D eigenvalue weighted by Crippen LogP contribution is -2.06. The highest BCUT2D eigenvalue weighted by atomic mass is 79.9. The minimum atomic E-state index is 0.463. The zero-order valence-corrected chi connectivity index (χ0v) is 11.3. The van der Waals surface area contributed by atoms with Crippen LogP contribution < -0.4 is 5.73 Å². The molecule has 0 unspecified atom stereocenters. The Labute approximate surface area is 113 Å². The summed E-state index contributed by atoms with van der Waals surface area (Å²) in [7, 11) is 0. The Morgan fingerprint density at radius 3 is 2.72 bits per heavy atom. The van der Waals surface area contributed by atoms with Gasteiger partial charge in [-0.2, -0.15) is 15.4 Å². The topological polar surface area (TPSA) is 93.4 Å². The standard InChI is InChI=1S/C11H13BrN6/c12-8-9(6-3-1-2-4-6)15-11(16-10(8)13)7-5-14-18-17-7/h5-6H,1-4H2,(H2,13,15,16)(H,14,17,18). The Kier molecular flexibility index (Phi) is 2.99. The number of halogens is 1. The molecule has 0 saturated heterocycles. The highest BCUT2D eigenvalue weighted by Crippen LogP contribution is 2.38. The average molecular weight is 309 g/mol. The van der Waals surface area contributed by atoms with E-state index in [-0.39, 0.29) is 0 Å². The first-order chi connectivity index (χ1) is 8.75. The van der Waals surface area contributed by atoms with Crippen molar-refractivity contribution >= 4 is 21.7 Å². The van der Waals surface area contributed by atoms with Crippen LogP contribution in [-0.2, 0) is 0 Å². The van der Waals surface area contributed by atoms with Gasteiger partial charge in [-0.1, -0.05) is 12.8 Å². The second kappa shape index (κ2) is 4.64. The second-order valence-corrected chi connectivity index (χ2v) is 5.26. The number of hydrogen-bond acceptors (Lipinski definition) is 5. The molecule has 1 fully saturated rings. The maximum atomic E-state index is 5.94. The molecule has 2 heterocycles. The van der Waals surface area contributed by atoms with Crippen molar-refractivity contribution in [3.63, 3.8) is 0 Å². The van der Waals surface area contributed by atoms with Gasteiger partial charge in [-0.25, -0.2) is 9.97 Å². The fourth-order valence-corrected chi connectivity index (χ4v) is 2.88. The summed E-state index contributed by atoms with van der Waals surface area (Å²) in [5, 5.41) is 10.3. The van der Waals surface area contributed by atoms with Gasteiger partial charge < -0.3 is 5.73 Å². The number of nitrogens with two attached hydrogens (primary N) is 1. The summed E-state index contributed by atoms with van der Waals surface area (Å²) < 4.78 is 0.821. The van der Waals surface area contributed by atoms with Crippen molar-refractivity contribution in [1.29, 1.82) is 0 Å². The number of rotatable bonds is 2. The number of nitrogen functional groups attached to an aromatic ring is 1. The van der Waals surface area contributed by atoms with E-state index in [0.29, 0.717) is 23.3 Å². The number of hydrogen-bond donors (Lipinski definition) is 2. The van der Waals surface area contributed by atoms with Crippen LogP contribution in [0.25, 0.3) is 11.5 Å². The molecule has 0 bridgehead atoms. The zero-order valence-electron chi connectivity index (χ0n) is 9.73. The summed E-state index contributed by atoms with van der Waals surface area (Å²) in [5.74, 6) is 1.46. The summed E-state index contributed by atoms with van der Waals surface area (Å²) >= 11 is 3.49. The molecule has 94 valence electrons. The van der Waals surface area contributed by atoms with E-state index in [4.69, 9.17) is 5.73 Å². The fraction of sp³-hybridized carbons (Fsp3) is 0.455. The van der Waals surface area contributed by atoms with Gasteiger partial charge >= 0.3 is 0 Å². The molecule has 0 atom stereocenters. The van der Waals surface area contributed by atoms with Gasteiger partial charge in [0.15, 0.2) is 5.82 Å². The Bertz CT molecular complexity index is 547. The first kappa shape index (κ1) is 11.6. The van der Waals surface area contributed by atoms with Gasteiger partial charge in [0, 0.05) is 5.92 Å². The highest BCUT2D eigenvalue weighted by Gasteiger charge is 2.23. The quantitative estimate of drug-likeness (QED) is 0.887. The first-order valence-corrected chi connectivity index (χ1v) is 6.74. The van der Waals surface area contributed by atoms with Crippen LogP contribution in [0.3, 0.4) is 0 Å². The highest BCUT2D eigenvalue weighted by molar-refractivity contribution is 9.10. The summed E-state index contributed by atoms with van der Waals surface area (Å²) in [5.41, 5.74) is 7.56. The largest absolute Gasteiger partial charge is 0.383 e. The maximum absolute atomic E-state index is 5.94. The average Bonchev–Trinajstić information content (AvgIpc) is 3.03. The van der Waals surface area contributed by atoms with E-state index in [1.54, 1.807) is 6.20 Å². The number of aromatic amines is 1. The minimum Gasteiger partial charge on any atom is -0.383 e. The van der Waals surface area contributed by atoms with Gasteiger partial charge in [-0.15, -0.1) is 0 Å². The molecule has 7 heteroatoms. The summed E-state index contributed by atoms with van der Waals surface area (Å²) in [4.78, 5) is 8.84. The van der Waals surface area contributed by atoms with Crippen LogP contribution in [0.5, 0.6) is 0 Å². The van der Waals surface area contributed by atoms with Crippen LogP contribution in [0, 0.1) is 0 Å². The third-order valence-corrected chi connectivity index (χ3v) is 4.10. The Balaban J connectivity index is 2.07. The molecule has 3 rings (SSSR count). The molecule has 6 nitrogen and oxygen atoms in total. The van der Waals surface area contributed by atoms with E-state index in [0.717, 1.165) is 23.0 Å². The van der Waals surface area contributed by atoms with Crippen molar-refractivity contribution in [2.24, 2.45) is 0 Å². The summed E-state index contributed by atoms with van der Waals surface area (Å²) in [6.45, 7) is 0. The molecule has 2 aromatic heterocycles. The number of nitrogens with one attached hydrogen (secondary N) is 1. The Morgan fingerprint density at radius 2 is 2.06 bits per heavy atom. The third kappa shape index (κ3) is 1.98. The lowest BCUT2D eigenvalue weighted by atomic mass is 10.0. The fourth-order valence-electron chi connectivity index (χ4n) is 2.38. The van der Waals surface area contributed by atoms with Gasteiger partial charge in [-0.3, -0.25) is 0 Å². The molecule has 0 aliphatic heterocycles. The van der Waals surface area contributed by atoms with Gasteiger partial charge in [-0.05, 0) is 28.8 Å². The first-order valence-electron chi connectivity index (χ1n) is 5.94. The molecule has 1 aliphatic carbocycles. The van der Waals surface area contributed by atoms with Crippen molar-refractivity contribution in [2.45, 2.75) is 31.6 Å². The second-order valence-electron chi connectivity index (χ2n) is 4.47. The van der Waals surface area contributed by atoms with Gasteiger partial charge in [0.2, 0.25) is 0 Å².